The summed E-state index contributed by atoms with van der Waals surface area (Å²) in [6, 6.07) is 0. The van der Waals surface area contributed by atoms with Gasteiger partial charge >= 0.3 is 45.2 Å². The fraction of sp³-hybridized carbons (Fsp3) is 1.00. The average molecular weight is 324 g/mol. The third kappa shape index (κ3) is 169. The molecule has 0 spiro atoms. The topological polar surface area (TPSA) is 176 Å². The summed E-state index contributed by atoms with van der Waals surface area (Å²) in [5, 5.41) is 8.39. The zero-order valence-electron chi connectivity index (χ0n) is 11.7. The van der Waals surface area contributed by atoms with Crippen molar-refractivity contribution in [1.29, 1.82) is 0 Å². The quantitative estimate of drug-likeness (QED) is 0.149. The van der Waals surface area contributed by atoms with Gasteiger partial charge in [-0.25, -0.2) is 9.13 Å². The molecular weight excluding hydrogens is 303 g/mol. The fourth-order valence-electron chi connectivity index (χ4n) is 0.300. The van der Waals surface area contributed by atoms with E-state index < -0.39 is 15.6 Å². The van der Waals surface area contributed by atoms with E-state index in [1.807, 2.05) is 0 Å². The molecule has 0 rings (SSSR count). The molecule has 0 atom stereocenters. The molecule has 0 bridgehead atoms. The van der Waals surface area contributed by atoms with Gasteiger partial charge in [-0.2, -0.15) is 0 Å². The summed E-state index contributed by atoms with van der Waals surface area (Å²) in [6.45, 7) is 1.11. The smallest absolute Gasteiger partial charge is 1.00 e. The Morgan fingerprint density at radius 3 is 1.06 bits per heavy atom. The Bertz CT molecular complexity index is 238. The number of hydrogen-bond donors (Lipinski definition) is 7. The summed E-state index contributed by atoms with van der Waals surface area (Å²) in [5.74, 6) is 0. The first kappa shape index (κ1) is 27.5. The molecule has 0 aromatic carbocycles. The summed E-state index contributed by atoms with van der Waals surface area (Å²) in [7, 11) is -3.12. The van der Waals surface area contributed by atoms with Crippen molar-refractivity contribution < 1.29 is 79.1 Å². The molecule has 0 aliphatic carbocycles. The number of rotatable bonds is 2. The molecule has 7 N–H and O–H groups in total. The van der Waals surface area contributed by atoms with Crippen LogP contribution >= 0.6 is 15.6 Å². The molecule has 0 aliphatic rings. The second kappa shape index (κ2) is 11.9. The molecule has 110 valence electrons. The Labute approximate surface area is 129 Å². The number of aliphatic hydroxyl groups is 1. The maximum absolute atomic E-state index is 8.88. The van der Waals surface area contributed by atoms with E-state index in [0.29, 0.717) is 0 Å². The zero-order valence-corrected chi connectivity index (χ0v) is 14.5. The zero-order chi connectivity index (χ0) is 14.9. The van der Waals surface area contributed by atoms with Crippen LogP contribution in [0, 0.1) is 0 Å². The van der Waals surface area contributed by atoms with Gasteiger partial charge in [-0.15, -0.1) is 0 Å². The molecule has 0 fully saturated rings. The molecule has 0 heterocycles. The van der Waals surface area contributed by atoms with Gasteiger partial charge in [-0.1, -0.05) is 0 Å². The minimum absolute atomic E-state index is 0. The van der Waals surface area contributed by atoms with Gasteiger partial charge in [0.1, 0.15) is 6.54 Å². The molecule has 0 amide bonds. The predicted molar refractivity (Wildman–Crippen MR) is 59.6 cm³/mol. The molecule has 0 radical (unpaired) electrons. The number of phosphoric acid groups is 2. The van der Waals surface area contributed by atoms with Crippen LogP contribution in [-0.2, 0) is 9.13 Å². The van der Waals surface area contributed by atoms with E-state index in [9.17, 15) is 0 Å². The van der Waals surface area contributed by atoms with Crippen LogP contribution < -0.4 is 29.6 Å². The van der Waals surface area contributed by atoms with Gasteiger partial charge in [-0.3, -0.25) is 0 Å². The van der Waals surface area contributed by atoms with Crippen LogP contribution in [-0.4, -0.2) is 73.2 Å². The molecule has 0 aromatic heterocycles. The van der Waals surface area contributed by atoms with E-state index in [1.165, 1.54) is 0 Å². The predicted octanol–water partition coefficient (Wildman–Crippen LogP) is -5.06. The average Bonchev–Trinajstić information content (AvgIpc) is 1.73. The first-order valence-corrected chi connectivity index (χ1v) is 7.17. The molecule has 13 heteroatoms. The molecule has 10 nitrogen and oxygen atoms in total. The van der Waals surface area contributed by atoms with Gasteiger partial charge in [-0.05, 0) is 0 Å². The minimum Gasteiger partial charge on any atom is -1.00 e. The SMILES string of the molecule is C[N+](C)(C)CCO.O=P(O)(O)O.O=P(O)(O)O.[H-].[Na+]. The van der Waals surface area contributed by atoms with Crippen molar-refractivity contribution in [2.45, 2.75) is 0 Å². The van der Waals surface area contributed by atoms with Crippen LogP contribution in [0.25, 0.3) is 0 Å². The Balaban J connectivity index is -0.0000000500. The van der Waals surface area contributed by atoms with Crippen LogP contribution in [0.3, 0.4) is 0 Å². The van der Waals surface area contributed by atoms with E-state index >= 15 is 0 Å². The van der Waals surface area contributed by atoms with Crippen LogP contribution in [0.4, 0.5) is 0 Å². The van der Waals surface area contributed by atoms with Crippen molar-refractivity contribution in [1.82, 2.24) is 0 Å². The number of aliphatic hydroxyl groups excluding tert-OH is 1. The first-order chi connectivity index (χ1) is 7.06. The summed E-state index contributed by atoms with van der Waals surface area (Å²) >= 11 is 0. The van der Waals surface area contributed by atoms with Gasteiger partial charge in [0.25, 0.3) is 0 Å². The van der Waals surface area contributed by atoms with Crippen molar-refractivity contribution in [3.8, 4) is 0 Å². The maximum atomic E-state index is 8.88. The fourth-order valence-corrected chi connectivity index (χ4v) is 0.300. The van der Waals surface area contributed by atoms with Crippen LogP contribution in [0.1, 0.15) is 1.43 Å². The summed E-state index contributed by atoms with van der Waals surface area (Å²) < 4.78 is 18.6. The molecule has 0 aromatic rings. The third-order valence-corrected chi connectivity index (χ3v) is 0.771. The summed E-state index contributed by atoms with van der Waals surface area (Å²) in [4.78, 5) is 43.1. The third-order valence-electron chi connectivity index (χ3n) is 0.771. The van der Waals surface area contributed by atoms with E-state index in [-0.39, 0.29) is 37.6 Å². The number of likely N-dealkylation sites (N-methyl/N-ethyl adjacent to an activating group) is 1. The monoisotopic (exact) mass is 324 g/mol. The van der Waals surface area contributed by atoms with E-state index in [1.54, 1.807) is 0 Å². The second-order valence-corrected chi connectivity index (χ2v) is 5.82. The van der Waals surface area contributed by atoms with Gasteiger partial charge in [0.2, 0.25) is 0 Å². The standard InChI is InChI=1S/C5H14NO.Na.2H3O4P.H/c1-6(2,3)4-5-7;;2*1-5(2,3)4;/h7H,4-5H2,1-3H3;;2*(H3,1,2,3,4);/q2*+1;;;-1. The van der Waals surface area contributed by atoms with Crippen molar-refractivity contribution in [2.75, 3.05) is 34.3 Å². The summed E-state index contributed by atoms with van der Waals surface area (Å²) in [5.41, 5.74) is 0. The van der Waals surface area contributed by atoms with Crippen LogP contribution in [0.2, 0.25) is 0 Å². The molecule has 18 heavy (non-hydrogen) atoms. The second-order valence-electron chi connectivity index (χ2n) is 3.76. The Morgan fingerprint density at radius 2 is 1.06 bits per heavy atom. The molecular formula is C5H21NNaO9P2+. The van der Waals surface area contributed by atoms with Crippen molar-refractivity contribution in [3.63, 3.8) is 0 Å². The van der Waals surface area contributed by atoms with Gasteiger partial charge < -0.3 is 40.4 Å². The van der Waals surface area contributed by atoms with Crippen molar-refractivity contribution in [3.05, 3.63) is 0 Å². The van der Waals surface area contributed by atoms with Crippen LogP contribution in [0.5, 0.6) is 0 Å². The number of hydrogen-bond acceptors (Lipinski definition) is 3. The number of quaternary nitrogens is 1. The van der Waals surface area contributed by atoms with E-state index in [4.69, 9.17) is 43.6 Å². The Kier molecular flexibility index (Phi) is 18.2. The molecule has 0 aliphatic heterocycles. The van der Waals surface area contributed by atoms with E-state index in [2.05, 4.69) is 21.1 Å². The maximum Gasteiger partial charge on any atom is 1.00 e. The first-order valence-electron chi connectivity index (χ1n) is 4.04. The Hall–Kier alpha value is 1.14. The Morgan fingerprint density at radius 1 is 0.889 bits per heavy atom. The normalized spacial score (nSPS) is 11.2. The minimum atomic E-state index is -4.64. The van der Waals surface area contributed by atoms with Gasteiger partial charge in [0, 0.05) is 0 Å². The van der Waals surface area contributed by atoms with Crippen molar-refractivity contribution in [2.24, 2.45) is 0 Å². The largest absolute Gasteiger partial charge is 1.00 e. The number of nitrogens with zero attached hydrogens (tertiary/aromatic N) is 1. The van der Waals surface area contributed by atoms with E-state index in [0.717, 1.165) is 11.0 Å². The van der Waals surface area contributed by atoms with Gasteiger partial charge in [0.05, 0.1) is 27.7 Å². The molecule has 0 saturated carbocycles. The van der Waals surface area contributed by atoms with Crippen LogP contribution in [0.15, 0.2) is 0 Å². The van der Waals surface area contributed by atoms with Gasteiger partial charge in [0.15, 0.2) is 0 Å². The molecule has 0 saturated heterocycles. The van der Waals surface area contributed by atoms with Crippen molar-refractivity contribution >= 4 is 15.6 Å². The summed E-state index contributed by atoms with van der Waals surface area (Å²) in [6.07, 6.45) is 0. The molecule has 0 unspecified atom stereocenters.